The van der Waals surface area contributed by atoms with Crippen LogP contribution in [0.5, 0.6) is 5.75 Å². The van der Waals surface area contributed by atoms with Gasteiger partial charge in [-0.05, 0) is 74.4 Å². The van der Waals surface area contributed by atoms with Crippen LogP contribution in [-0.2, 0) is 4.79 Å². The molecule has 0 aliphatic carbocycles. The molecule has 2 aromatic rings. The lowest BCUT2D eigenvalue weighted by molar-refractivity contribution is -0.136. The molecule has 2 heterocycles. The Morgan fingerprint density at radius 2 is 1.57 bits per heavy atom. The van der Waals surface area contributed by atoms with Crippen molar-refractivity contribution >= 4 is 17.7 Å². The van der Waals surface area contributed by atoms with Gasteiger partial charge in [0.1, 0.15) is 17.6 Å². The summed E-state index contributed by atoms with van der Waals surface area (Å²) >= 11 is 0. The summed E-state index contributed by atoms with van der Waals surface area (Å²) in [6, 6.07) is 11.8. The van der Waals surface area contributed by atoms with Crippen molar-refractivity contribution in [3.8, 4) is 5.75 Å². The van der Waals surface area contributed by atoms with E-state index < -0.39 is 17.8 Å². The van der Waals surface area contributed by atoms with Gasteiger partial charge in [-0.15, -0.1) is 0 Å². The van der Waals surface area contributed by atoms with Crippen molar-refractivity contribution in [1.82, 2.24) is 15.1 Å². The first-order valence-electron chi connectivity index (χ1n) is 12.3. The normalized spacial score (nSPS) is 17.5. The number of benzene rings is 2. The maximum atomic E-state index is 13.5. The van der Waals surface area contributed by atoms with E-state index in [2.05, 4.69) is 5.32 Å². The average Bonchev–Trinajstić information content (AvgIpc) is 2.91. The molecule has 1 N–H and O–H groups in total. The molecule has 0 aromatic heterocycles. The van der Waals surface area contributed by atoms with Gasteiger partial charge in [-0.3, -0.25) is 14.4 Å². The van der Waals surface area contributed by atoms with Crippen LogP contribution in [0.4, 0.5) is 4.39 Å². The Morgan fingerprint density at radius 1 is 0.914 bits per heavy atom. The number of methoxy groups -OCH3 is 1. The Labute approximate surface area is 205 Å². The number of carbonyl (C=O) groups is 3. The Kier molecular flexibility index (Phi) is 8.00. The van der Waals surface area contributed by atoms with Crippen molar-refractivity contribution in [2.75, 3.05) is 33.3 Å². The molecule has 2 aliphatic rings. The third-order valence-corrected chi connectivity index (χ3v) is 6.96. The van der Waals surface area contributed by atoms with E-state index in [9.17, 15) is 18.8 Å². The molecule has 3 amide bonds. The summed E-state index contributed by atoms with van der Waals surface area (Å²) in [6.07, 6.45) is 4.19. The molecule has 35 heavy (non-hydrogen) atoms. The first kappa shape index (κ1) is 24.7. The highest BCUT2D eigenvalue weighted by Crippen LogP contribution is 2.27. The molecule has 0 saturated carbocycles. The average molecular weight is 482 g/mol. The number of likely N-dealkylation sites (tertiary alicyclic amines) is 2. The third-order valence-electron chi connectivity index (χ3n) is 6.96. The number of nitrogens with zero attached hydrogens (tertiary/aromatic N) is 2. The second-order valence-corrected chi connectivity index (χ2v) is 9.17. The summed E-state index contributed by atoms with van der Waals surface area (Å²) in [4.78, 5) is 43.1. The maximum absolute atomic E-state index is 13.5. The zero-order valence-corrected chi connectivity index (χ0v) is 20.0. The molecule has 8 heteroatoms. The number of ether oxygens (including phenoxy) is 1. The zero-order chi connectivity index (χ0) is 24.8. The monoisotopic (exact) mass is 481 g/mol. The number of carbonyl (C=O) groups excluding carboxylic acids is 3. The van der Waals surface area contributed by atoms with Gasteiger partial charge in [0.2, 0.25) is 5.91 Å². The van der Waals surface area contributed by atoms with Gasteiger partial charge in [0, 0.05) is 31.7 Å². The number of para-hydroxylation sites is 1. The molecule has 1 atom stereocenters. The second-order valence-electron chi connectivity index (χ2n) is 9.17. The smallest absolute Gasteiger partial charge is 0.257 e. The molecule has 0 spiro atoms. The van der Waals surface area contributed by atoms with Crippen LogP contribution in [0.25, 0.3) is 0 Å². The Bertz CT molecular complexity index is 1040. The largest absolute Gasteiger partial charge is 0.496 e. The number of rotatable bonds is 6. The van der Waals surface area contributed by atoms with Gasteiger partial charge in [0.15, 0.2) is 0 Å². The van der Waals surface area contributed by atoms with Gasteiger partial charge in [0.05, 0.1) is 12.7 Å². The fourth-order valence-electron chi connectivity index (χ4n) is 4.95. The van der Waals surface area contributed by atoms with E-state index in [0.29, 0.717) is 55.9 Å². The molecule has 4 rings (SSSR count). The Hall–Kier alpha value is -3.42. The molecular formula is C27H32FN3O4. The van der Waals surface area contributed by atoms with E-state index in [1.165, 1.54) is 24.3 Å². The molecule has 2 aliphatic heterocycles. The van der Waals surface area contributed by atoms with Crippen LogP contribution >= 0.6 is 0 Å². The number of piperidine rings is 2. The summed E-state index contributed by atoms with van der Waals surface area (Å²) in [6.45, 7) is 2.34. The molecule has 2 aromatic carbocycles. The van der Waals surface area contributed by atoms with Crippen molar-refractivity contribution in [2.45, 2.75) is 38.1 Å². The first-order valence-corrected chi connectivity index (χ1v) is 12.3. The lowest BCUT2D eigenvalue weighted by atomic mass is 9.87. The summed E-state index contributed by atoms with van der Waals surface area (Å²) in [7, 11) is 1.54. The molecular weight excluding hydrogens is 449 g/mol. The fraction of sp³-hybridized carbons (Fsp3) is 0.444. The second kappa shape index (κ2) is 11.3. The topological polar surface area (TPSA) is 79.0 Å². The predicted octanol–water partition coefficient (Wildman–Crippen LogP) is 3.50. The van der Waals surface area contributed by atoms with Gasteiger partial charge in [-0.1, -0.05) is 12.1 Å². The van der Waals surface area contributed by atoms with Crippen LogP contribution in [0.3, 0.4) is 0 Å². The summed E-state index contributed by atoms with van der Waals surface area (Å²) < 4.78 is 18.7. The highest BCUT2D eigenvalue weighted by Gasteiger charge is 2.37. The summed E-state index contributed by atoms with van der Waals surface area (Å²) in [5, 5.41) is 2.94. The van der Waals surface area contributed by atoms with E-state index >= 15 is 0 Å². The van der Waals surface area contributed by atoms with Crippen LogP contribution in [0.2, 0.25) is 0 Å². The van der Waals surface area contributed by atoms with Gasteiger partial charge in [0.25, 0.3) is 11.8 Å². The number of nitrogens with one attached hydrogen (secondary N) is 1. The number of hydrogen-bond donors (Lipinski definition) is 1. The van der Waals surface area contributed by atoms with Gasteiger partial charge in [-0.2, -0.15) is 0 Å². The standard InChI is InChI=1S/C27H32FN3O4/c1-35-23-8-4-3-7-22(23)26(33)31-17-13-19(14-18-31)24(27(34)30-15-5-2-6-16-30)29-25(32)20-9-11-21(28)12-10-20/h3-4,7-12,19,24H,2,5-6,13-18H2,1H3,(H,29,32)/t24-/m1/s1. The van der Waals surface area contributed by atoms with Crippen LogP contribution in [0, 0.1) is 11.7 Å². The quantitative estimate of drug-likeness (QED) is 0.685. The lowest BCUT2D eigenvalue weighted by Gasteiger charge is -2.38. The summed E-state index contributed by atoms with van der Waals surface area (Å²) in [5.41, 5.74) is 0.825. The van der Waals surface area contributed by atoms with Gasteiger partial charge < -0.3 is 19.9 Å². The molecule has 7 nitrogen and oxygen atoms in total. The minimum atomic E-state index is -0.686. The van der Waals surface area contributed by atoms with Crippen LogP contribution in [0.1, 0.15) is 52.8 Å². The van der Waals surface area contributed by atoms with Crippen LogP contribution < -0.4 is 10.1 Å². The van der Waals surface area contributed by atoms with E-state index in [-0.39, 0.29) is 17.7 Å². The molecule has 0 unspecified atom stereocenters. The van der Waals surface area contributed by atoms with Gasteiger partial charge >= 0.3 is 0 Å². The minimum Gasteiger partial charge on any atom is -0.496 e. The van der Waals surface area contributed by atoms with Gasteiger partial charge in [-0.25, -0.2) is 4.39 Å². The fourth-order valence-corrected chi connectivity index (χ4v) is 4.95. The van der Waals surface area contributed by atoms with Crippen molar-refractivity contribution in [2.24, 2.45) is 5.92 Å². The zero-order valence-electron chi connectivity index (χ0n) is 20.0. The van der Waals surface area contributed by atoms with Crippen molar-refractivity contribution in [3.05, 3.63) is 65.5 Å². The SMILES string of the molecule is COc1ccccc1C(=O)N1CCC([C@@H](NC(=O)c2ccc(F)cc2)C(=O)N2CCCCC2)CC1. The van der Waals surface area contributed by atoms with E-state index in [4.69, 9.17) is 4.74 Å². The Morgan fingerprint density at radius 3 is 2.23 bits per heavy atom. The maximum Gasteiger partial charge on any atom is 0.257 e. The molecule has 0 radical (unpaired) electrons. The van der Waals surface area contributed by atoms with E-state index in [0.717, 1.165) is 19.3 Å². The first-order chi connectivity index (χ1) is 17.0. The highest BCUT2D eigenvalue weighted by molar-refractivity contribution is 5.98. The molecule has 2 saturated heterocycles. The van der Waals surface area contributed by atoms with E-state index in [1.807, 2.05) is 11.0 Å². The number of halogens is 1. The number of hydrogen-bond acceptors (Lipinski definition) is 4. The third kappa shape index (κ3) is 5.81. The number of amides is 3. The van der Waals surface area contributed by atoms with Crippen LogP contribution in [-0.4, -0.2) is 66.9 Å². The van der Waals surface area contributed by atoms with Crippen molar-refractivity contribution < 1.29 is 23.5 Å². The minimum absolute atomic E-state index is 0.0744. The molecule has 186 valence electrons. The van der Waals surface area contributed by atoms with Crippen molar-refractivity contribution in [1.29, 1.82) is 0 Å². The predicted molar refractivity (Wildman–Crippen MR) is 130 cm³/mol. The van der Waals surface area contributed by atoms with E-state index in [1.54, 1.807) is 30.2 Å². The highest BCUT2D eigenvalue weighted by atomic mass is 19.1. The van der Waals surface area contributed by atoms with Crippen LogP contribution in [0.15, 0.2) is 48.5 Å². The Balaban J connectivity index is 1.47. The summed E-state index contributed by atoms with van der Waals surface area (Å²) in [5.74, 6) is -0.563. The lowest BCUT2D eigenvalue weighted by Crippen LogP contribution is -2.55. The van der Waals surface area contributed by atoms with Crippen molar-refractivity contribution in [3.63, 3.8) is 0 Å². The molecule has 2 fully saturated rings. The molecule has 0 bridgehead atoms.